The van der Waals surface area contributed by atoms with Crippen LogP contribution >= 0.6 is 23.2 Å². The van der Waals surface area contributed by atoms with Crippen molar-refractivity contribution in [2.75, 3.05) is 13.7 Å². The summed E-state index contributed by atoms with van der Waals surface area (Å²) in [6.07, 6.45) is 5.02. The van der Waals surface area contributed by atoms with Gasteiger partial charge in [0.1, 0.15) is 5.75 Å². The summed E-state index contributed by atoms with van der Waals surface area (Å²) in [7, 11) is 1.99. The molecule has 0 radical (unpaired) electrons. The lowest BCUT2D eigenvalue weighted by Gasteiger charge is -2.35. The van der Waals surface area contributed by atoms with Crippen molar-refractivity contribution in [2.45, 2.75) is 45.6 Å². The van der Waals surface area contributed by atoms with E-state index in [2.05, 4.69) is 12.2 Å². The molecule has 0 spiro atoms. The molecule has 1 atom stereocenters. The SMILES string of the molecule is CCOc1cc(Cl)c(C(NC)C2(C)CCCC2)cc1Cl. The zero-order chi connectivity index (χ0) is 14.8. The fraction of sp³-hybridized carbons (Fsp3) is 0.625. The molecule has 1 fully saturated rings. The molecule has 1 N–H and O–H groups in total. The van der Waals surface area contributed by atoms with Crippen molar-refractivity contribution in [2.24, 2.45) is 5.41 Å². The van der Waals surface area contributed by atoms with E-state index in [4.69, 9.17) is 27.9 Å². The van der Waals surface area contributed by atoms with Crippen molar-refractivity contribution in [1.82, 2.24) is 5.32 Å². The molecule has 0 aromatic heterocycles. The molecule has 1 aliphatic rings. The molecular weight excluding hydrogens is 293 g/mol. The van der Waals surface area contributed by atoms with E-state index in [-0.39, 0.29) is 11.5 Å². The summed E-state index contributed by atoms with van der Waals surface area (Å²) < 4.78 is 5.50. The Morgan fingerprint density at radius 2 is 1.90 bits per heavy atom. The molecule has 0 heterocycles. The fourth-order valence-corrected chi connectivity index (χ4v) is 3.87. The zero-order valence-corrected chi connectivity index (χ0v) is 13.9. The van der Waals surface area contributed by atoms with E-state index >= 15 is 0 Å². The standard InChI is InChI=1S/C16H23Cl2NO/c1-4-20-14-10-12(17)11(9-13(14)18)15(19-3)16(2)7-5-6-8-16/h9-10,15,19H,4-8H2,1-3H3. The van der Waals surface area contributed by atoms with Crippen LogP contribution in [0.2, 0.25) is 10.0 Å². The first-order valence-electron chi connectivity index (χ1n) is 7.31. The summed E-state index contributed by atoms with van der Waals surface area (Å²) in [5.41, 5.74) is 1.32. The first kappa shape index (κ1) is 15.9. The van der Waals surface area contributed by atoms with Crippen molar-refractivity contribution in [3.8, 4) is 5.75 Å². The lowest BCUT2D eigenvalue weighted by molar-refractivity contribution is 0.233. The monoisotopic (exact) mass is 315 g/mol. The van der Waals surface area contributed by atoms with Gasteiger partial charge in [0.25, 0.3) is 0 Å². The van der Waals surface area contributed by atoms with Gasteiger partial charge in [0, 0.05) is 17.1 Å². The van der Waals surface area contributed by atoms with E-state index in [1.807, 2.05) is 26.1 Å². The van der Waals surface area contributed by atoms with E-state index in [9.17, 15) is 0 Å². The highest BCUT2D eigenvalue weighted by Crippen LogP contribution is 2.49. The third-order valence-corrected chi connectivity index (χ3v) is 5.02. The van der Waals surface area contributed by atoms with Gasteiger partial charge in [-0.05, 0) is 43.9 Å². The molecule has 1 aromatic carbocycles. The normalized spacial score (nSPS) is 19.1. The van der Waals surface area contributed by atoms with E-state index in [1.54, 1.807) is 0 Å². The Morgan fingerprint density at radius 3 is 2.45 bits per heavy atom. The molecule has 1 unspecified atom stereocenters. The van der Waals surface area contributed by atoms with Crippen molar-refractivity contribution in [1.29, 1.82) is 0 Å². The van der Waals surface area contributed by atoms with Crippen molar-refractivity contribution < 1.29 is 4.74 Å². The highest BCUT2D eigenvalue weighted by molar-refractivity contribution is 6.34. The van der Waals surface area contributed by atoms with Gasteiger partial charge >= 0.3 is 0 Å². The van der Waals surface area contributed by atoms with E-state index < -0.39 is 0 Å². The molecule has 1 saturated carbocycles. The summed E-state index contributed by atoms with van der Waals surface area (Å²) in [5, 5.41) is 4.80. The molecule has 1 aliphatic carbocycles. The smallest absolute Gasteiger partial charge is 0.139 e. The summed E-state index contributed by atoms with van der Waals surface area (Å²) >= 11 is 12.8. The fourth-order valence-electron chi connectivity index (χ4n) is 3.38. The number of ether oxygens (including phenoxy) is 1. The quantitative estimate of drug-likeness (QED) is 0.803. The van der Waals surface area contributed by atoms with Crippen molar-refractivity contribution in [3.63, 3.8) is 0 Å². The molecule has 1 aromatic rings. The van der Waals surface area contributed by atoms with Gasteiger partial charge in [-0.1, -0.05) is 43.0 Å². The number of benzene rings is 1. The lowest BCUT2D eigenvalue weighted by atomic mass is 9.77. The maximum Gasteiger partial charge on any atom is 0.139 e. The summed E-state index contributed by atoms with van der Waals surface area (Å²) in [6, 6.07) is 4.02. The van der Waals surface area contributed by atoms with Crippen LogP contribution in [0.25, 0.3) is 0 Å². The Balaban J connectivity index is 2.37. The van der Waals surface area contributed by atoms with Crippen LogP contribution in [0.5, 0.6) is 5.75 Å². The lowest BCUT2D eigenvalue weighted by Crippen LogP contribution is -2.32. The van der Waals surface area contributed by atoms with Crippen LogP contribution in [0.3, 0.4) is 0 Å². The van der Waals surface area contributed by atoms with Gasteiger partial charge in [0.2, 0.25) is 0 Å². The summed E-state index contributed by atoms with van der Waals surface area (Å²) in [5.74, 6) is 0.661. The van der Waals surface area contributed by atoms with Gasteiger partial charge in [0.05, 0.1) is 11.6 Å². The molecule has 2 nitrogen and oxygen atoms in total. The third kappa shape index (κ3) is 3.08. The Labute approximate surface area is 131 Å². The molecule has 0 saturated heterocycles. The molecule has 0 bridgehead atoms. The number of halogens is 2. The Morgan fingerprint density at radius 1 is 1.25 bits per heavy atom. The average molecular weight is 316 g/mol. The largest absolute Gasteiger partial charge is 0.492 e. The van der Waals surface area contributed by atoms with Crippen LogP contribution in [0, 0.1) is 5.41 Å². The number of nitrogens with one attached hydrogen (secondary N) is 1. The second-order valence-corrected chi connectivity index (χ2v) is 6.63. The van der Waals surface area contributed by atoms with Gasteiger partial charge in [-0.25, -0.2) is 0 Å². The molecular formula is C16H23Cl2NO. The maximum absolute atomic E-state index is 6.47. The Bertz CT molecular complexity index is 470. The Kier molecular flexibility index (Phi) is 5.22. The number of rotatable bonds is 5. The van der Waals surface area contributed by atoms with Crippen molar-refractivity contribution in [3.05, 3.63) is 27.7 Å². The summed E-state index contributed by atoms with van der Waals surface area (Å²) in [6.45, 7) is 4.86. The van der Waals surface area contributed by atoms with E-state index in [1.165, 1.54) is 25.7 Å². The molecule has 2 rings (SSSR count). The van der Waals surface area contributed by atoms with E-state index in [0.29, 0.717) is 17.4 Å². The second kappa shape index (κ2) is 6.55. The second-order valence-electron chi connectivity index (χ2n) is 5.82. The minimum absolute atomic E-state index is 0.227. The summed E-state index contributed by atoms with van der Waals surface area (Å²) in [4.78, 5) is 0. The predicted molar refractivity (Wildman–Crippen MR) is 86.0 cm³/mol. The highest BCUT2D eigenvalue weighted by atomic mass is 35.5. The number of hydrogen-bond donors (Lipinski definition) is 1. The average Bonchev–Trinajstić information content (AvgIpc) is 2.84. The minimum atomic E-state index is 0.227. The molecule has 112 valence electrons. The first-order chi connectivity index (χ1) is 9.51. The van der Waals surface area contributed by atoms with Crippen LogP contribution in [-0.2, 0) is 0 Å². The highest BCUT2D eigenvalue weighted by Gasteiger charge is 2.38. The van der Waals surface area contributed by atoms with Crippen LogP contribution in [0.4, 0.5) is 0 Å². The van der Waals surface area contributed by atoms with Gasteiger partial charge in [0.15, 0.2) is 0 Å². The maximum atomic E-state index is 6.47. The molecule has 4 heteroatoms. The van der Waals surface area contributed by atoms with Crippen molar-refractivity contribution >= 4 is 23.2 Å². The van der Waals surface area contributed by atoms with Crippen LogP contribution < -0.4 is 10.1 Å². The van der Waals surface area contributed by atoms with Gasteiger partial charge in [-0.2, -0.15) is 0 Å². The van der Waals surface area contributed by atoms with Crippen LogP contribution in [0.15, 0.2) is 12.1 Å². The zero-order valence-electron chi connectivity index (χ0n) is 12.4. The van der Waals surface area contributed by atoms with Gasteiger partial charge in [-0.3, -0.25) is 0 Å². The Hall–Kier alpha value is -0.440. The first-order valence-corrected chi connectivity index (χ1v) is 8.06. The topological polar surface area (TPSA) is 21.3 Å². The molecule has 0 aliphatic heterocycles. The van der Waals surface area contributed by atoms with Gasteiger partial charge < -0.3 is 10.1 Å². The van der Waals surface area contributed by atoms with Gasteiger partial charge in [-0.15, -0.1) is 0 Å². The third-order valence-electron chi connectivity index (χ3n) is 4.39. The number of hydrogen-bond acceptors (Lipinski definition) is 2. The van der Waals surface area contributed by atoms with Crippen LogP contribution in [-0.4, -0.2) is 13.7 Å². The predicted octanol–water partition coefficient (Wildman–Crippen LogP) is 5.23. The minimum Gasteiger partial charge on any atom is -0.492 e. The van der Waals surface area contributed by atoms with E-state index in [0.717, 1.165) is 10.6 Å². The molecule has 20 heavy (non-hydrogen) atoms. The molecule has 0 amide bonds. The van der Waals surface area contributed by atoms with Crippen LogP contribution in [0.1, 0.15) is 51.1 Å².